The molecule has 0 bridgehead atoms. The number of hydrogen-bond donors (Lipinski definition) is 2. The number of piperazine rings is 1. The maximum atomic E-state index is 12.1. The van der Waals surface area contributed by atoms with Crippen molar-refractivity contribution in [2.75, 3.05) is 44.7 Å². The van der Waals surface area contributed by atoms with E-state index in [1.807, 2.05) is 12.1 Å². The third-order valence-electron chi connectivity index (χ3n) is 4.82. The Morgan fingerprint density at radius 2 is 1.89 bits per heavy atom. The van der Waals surface area contributed by atoms with Crippen molar-refractivity contribution < 1.29 is 14.0 Å². The van der Waals surface area contributed by atoms with E-state index in [1.165, 1.54) is 0 Å². The molecule has 3 heterocycles. The van der Waals surface area contributed by atoms with Gasteiger partial charge in [-0.2, -0.15) is 0 Å². The smallest absolute Gasteiger partial charge is 0.255 e. The van der Waals surface area contributed by atoms with Crippen molar-refractivity contribution in [3.63, 3.8) is 0 Å². The molecule has 1 aliphatic heterocycles. The van der Waals surface area contributed by atoms with Crippen molar-refractivity contribution in [1.29, 1.82) is 0 Å². The van der Waals surface area contributed by atoms with Crippen LogP contribution in [0.2, 0.25) is 0 Å². The Balaban J connectivity index is 1.47. The van der Waals surface area contributed by atoms with Crippen LogP contribution in [0.3, 0.4) is 0 Å². The van der Waals surface area contributed by atoms with Crippen LogP contribution in [0.5, 0.6) is 0 Å². The summed E-state index contributed by atoms with van der Waals surface area (Å²) in [4.78, 5) is 33.2. The first-order valence-corrected chi connectivity index (χ1v) is 9.42. The largest absolute Gasteiger partial charge is 0.466 e. The molecule has 2 N–H and O–H groups in total. The summed E-state index contributed by atoms with van der Waals surface area (Å²) in [5.41, 5.74) is 1.43. The van der Waals surface area contributed by atoms with E-state index < -0.39 is 0 Å². The molecule has 1 saturated heterocycles. The Morgan fingerprint density at radius 3 is 2.57 bits per heavy atom. The minimum Gasteiger partial charge on any atom is -0.466 e. The number of rotatable bonds is 6. The fraction of sp³-hybridized carbons (Fsp3) is 0.450. The summed E-state index contributed by atoms with van der Waals surface area (Å²) in [6, 6.07) is 5.55. The van der Waals surface area contributed by atoms with E-state index in [9.17, 15) is 9.59 Å². The van der Waals surface area contributed by atoms with Crippen LogP contribution in [0.25, 0.3) is 0 Å². The zero-order chi connectivity index (χ0) is 20.1. The summed E-state index contributed by atoms with van der Waals surface area (Å²) in [6.45, 7) is 7.72. The average Bonchev–Trinajstić information content (AvgIpc) is 3.03. The van der Waals surface area contributed by atoms with Crippen LogP contribution in [0.15, 0.2) is 28.8 Å². The highest BCUT2D eigenvalue weighted by Crippen LogP contribution is 2.15. The molecule has 3 rings (SSSR count). The number of hydrogen-bond acceptors (Lipinski definition) is 6. The molecule has 0 saturated carbocycles. The molecule has 2 aromatic rings. The van der Waals surface area contributed by atoms with Gasteiger partial charge in [0, 0.05) is 38.9 Å². The molecule has 8 nitrogen and oxygen atoms in total. The second kappa shape index (κ2) is 8.88. The molecule has 0 spiro atoms. The highest BCUT2D eigenvalue weighted by molar-refractivity contribution is 5.97. The molecule has 1 fully saturated rings. The van der Waals surface area contributed by atoms with Crippen molar-refractivity contribution >= 4 is 17.6 Å². The summed E-state index contributed by atoms with van der Waals surface area (Å²) < 4.78 is 5.34. The van der Waals surface area contributed by atoms with Crippen LogP contribution in [0.4, 0.5) is 5.82 Å². The fourth-order valence-corrected chi connectivity index (χ4v) is 3.15. The van der Waals surface area contributed by atoms with Crippen LogP contribution >= 0.6 is 0 Å². The zero-order valence-corrected chi connectivity index (χ0v) is 16.6. The number of aromatic nitrogens is 1. The number of carbonyl (C=O) groups is 2. The lowest BCUT2D eigenvalue weighted by molar-refractivity contribution is -0.120. The Labute approximate surface area is 164 Å². The molecule has 150 valence electrons. The monoisotopic (exact) mass is 385 g/mol. The van der Waals surface area contributed by atoms with Crippen molar-refractivity contribution in [3.8, 4) is 0 Å². The standard InChI is InChI=1S/C20H27N5O3/c1-14-10-17(15(2)28-14)20(27)23-13-19(26)22-12-16-4-5-21-18(11-16)25-8-6-24(3)7-9-25/h4-5,10-11H,6-9,12-13H2,1-3H3,(H,22,26)(H,23,27). The summed E-state index contributed by atoms with van der Waals surface area (Å²) >= 11 is 0. The predicted molar refractivity (Wildman–Crippen MR) is 106 cm³/mol. The quantitative estimate of drug-likeness (QED) is 0.774. The SMILES string of the molecule is Cc1cc(C(=O)NCC(=O)NCc2ccnc(N3CCN(C)CC3)c2)c(C)o1. The minimum absolute atomic E-state index is 0.0844. The van der Waals surface area contributed by atoms with Crippen LogP contribution in [-0.4, -0.2) is 61.5 Å². The zero-order valence-electron chi connectivity index (χ0n) is 16.6. The Hall–Kier alpha value is -2.87. The van der Waals surface area contributed by atoms with Crippen LogP contribution < -0.4 is 15.5 Å². The van der Waals surface area contributed by atoms with Gasteiger partial charge >= 0.3 is 0 Å². The average molecular weight is 385 g/mol. The van der Waals surface area contributed by atoms with Crippen LogP contribution in [0, 0.1) is 13.8 Å². The van der Waals surface area contributed by atoms with E-state index in [-0.39, 0.29) is 18.4 Å². The van der Waals surface area contributed by atoms with Crippen molar-refractivity contribution in [1.82, 2.24) is 20.5 Å². The fourth-order valence-electron chi connectivity index (χ4n) is 3.15. The van der Waals surface area contributed by atoms with E-state index in [4.69, 9.17) is 4.42 Å². The van der Waals surface area contributed by atoms with Gasteiger partial charge in [0.2, 0.25) is 5.91 Å². The lowest BCUT2D eigenvalue weighted by atomic mass is 10.2. The molecule has 0 aliphatic carbocycles. The Bertz CT molecular complexity index is 840. The van der Waals surface area contributed by atoms with Crippen LogP contribution in [0.1, 0.15) is 27.4 Å². The van der Waals surface area contributed by atoms with E-state index >= 15 is 0 Å². The van der Waals surface area contributed by atoms with Gasteiger partial charge < -0.3 is 24.9 Å². The number of nitrogens with one attached hydrogen (secondary N) is 2. The Morgan fingerprint density at radius 1 is 1.14 bits per heavy atom. The number of amides is 2. The highest BCUT2D eigenvalue weighted by Gasteiger charge is 2.16. The van der Waals surface area contributed by atoms with Crippen molar-refractivity contribution in [2.24, 2.45) is 0 Å². The second-order valence-corrected chi connectivity index (χ2v) is 7.10. The molecule has 0 radical (unpaired) electrons. The maximum Gasteiger partial charge on any atom is 0.255 e. The van der Waals surface area contributed by atoms with Gasteiger partial charge in [-0.1, -0.05) is 0 Å². The summed E-state index contributed by atoms with van der Waals surface area (Å²) in [5, 5.41) is 5.45. The normalized spacial score (nSPS) is 14.8. The van der Waals surface area contributed by atoms with Gasteiger partial charge in [0.25, 0.3) is 5.91 Å². The lowest BCUT2D eigenvalue weighted by Gasteiger charge is -2.33. The molecular weight excluding hydrogens is 358 g/mol. The van der Waals surface area contributed by atoms with Gasteiger partial charge in [-0.25, -0.2) is 4.98 Å². The molecule has 0 aromatic carbocycles. The van der Waals surface area contributed by atoms with Crippen LogP contribution in [-0.2, 0) is 11.3 Å². The molecule has 8 heteroatoms. The Kier molecular flexibility index (Phi) is 6.30. The summed E-state index contributed by atoms with van der Waals surface area (Å²) in [5.74, 6) is 1.58. The van der Waals surface area contributed by atoms with E-state index in [1.54, 1.807) is 26.1 Å². The molecule has 1 aliphatic rings. The topological polar surface area (TPSA) is 90.7 Å². The van der Waals surface area contributed by atoms with Crippen molar-refractivity contribution in [2.45, 2.75) is 20.4 Å². The second-order valence-electron chi connectivity index (χ2n) is 7.10. The van der Waals surface area contributed by atoms with Gasteiger partial charge in [0.15, 0.2) is 0 Å². The summed E-state index contributed by atoms with van der Waals surface area (Å²) in [7, 11) is 2.12. The maximum absolute atomic E-state index is 12.1. The lowest BCUT2D eigenvalue weighted by Crippen LogP contribution is -2.44. The first kappa shape index (κ1) is 19.9. The molecule has 0 atom stereocenters. The number of carbonyl (C=O) groups excluding carboxylic acids is 2. The third-order valence-corrected chi connectivity index (χ3v) is 4.82. The number of nitrogens with zero attached hydrogens (tertiary/aromatic N) is 3. The number of furan rings is 1. The van der Waals surface area contributed by atoms with Gasteiger partial charge in [-0.05, 0) is 44.7 Å². The first-order chi connectivity index (χ1) is 13.4. The van der Waals surface area contributed by atoms with Gasteiger partial charge in [0.1, 0.15) is 17.3 Å². The van der Waals surface area contributed by atoms with Gasteiger partial charge in [-0.15, -0.1) is 0 Å². The molecule has 2 aromatic heterocycles. The first-order valence-electron chi connectivity index (χ1n) is 9.42. The highest BCUT2D eigenvalue weighted by atomic mass is 16.3. The molecular formula is C20H27N5O3. The van der Waals surface area contributed by atoms with E-state index in [0.717, 1.165) is 37.6 Å². The summed E-state index contributed by atoms with van der Waals surface area (Å²) in [6.07, 6.45) is 1.76. The molecule has 28 heavy (non-hydrogen) atoms. The molecule has 2 amide bonds. The van der Waals surface area contributed by atoms with Crippen molar-refractivity contribution in [3.05, 3.63) is 47.0 Å². The number of pyridine rings is 1. The number of aryl methyl sites for hydroxylation is 2. The number of anilines is 1. The molecule has 0 unspecified atom stereocenters. The van der Waals surface area contributed by atoms with E-state index in [2.05, 4.69) is 32.5 Å². The van der Waals surface area contributed by atoms with E-state index in [0.29, 0.717) is 23.6 Å². The predicted octanol–water partition coefficient (Wildman–Crippen LogP) is 1.09. The number of likely N-dealkylation sites (N-methyl/N-ethyl adjacent to an activating group) is 1. The van der Waals surface area contributed by atoms with Gasteiger partial charge in [-0.3, -0.25) is 9.59 Å². The third kappa shape index (κ3) is 5.10. The minimum atomic E-state index is -0.314. The van der Waals surface area contributed by atoms with Gasteiger partial charge in [0.05, 0.1) is 12.1 Å².